The summed E-state index contributed by atoms with van der Waals surface area (Å²) in [4.78, 5) is 33.0. The molecule has 0 unspecified atom stereocenters. The summed E-state index contributed by atoms with van der Waals surface area (Å²) in [5, 5.41) is 14.0. The molecule has 0 bridgehead atoms. The van der Waals surface area contributed by atoms with Crippen molar-refractivity contribution in [3.8, 4) is 0 Å². The first-order chi connectivity index (χ1) is 17.1. The van der Waals surface area contributed by atoms with Crippen molar-refractivity contribution in [2.24, 2.45) is 0 Å². The van der Waals surface area contributed by atoms with Crippen LogP contribution in [0.5, 0.6) is 0 Å². The van der Waals surface area contributed by atoms with Gasteiger partial charge in [-0.1, -0.05) is 35.2 Å². The number of thioether (sulfide) groups is 2. The van der Waals surface area contributed by atoms with Crippen molar-refractivity contribution in [1.82, 2.24) is 25.0 Å². The zero-order chi connectivity index (χ0) is 24.0. The number of fused-ring (bicyclic) bond motifs is 2. The summed E-state index contributed by atoms with van der Waals surface area (Å²) in [6.45, 7) is 0. The van der Waals surface area contributed by atoms with E-state index in [4.69, 9.17) is 0 Å². The summed E-state index contributed by atoms with van der Waals surface area (Å²) in [6, 6.07) is 18.8. The number of rotatable bonds is 9. The van der Waals surface area contributed by atoms with Gasteiger partial charge in [-0.2, -0.15) is 0 Å². The highest BCUT2D eigenvalue weighted by molar-refractivity contribution is 8.00. The van der Waals surface area contributed by atoms with Crippen molar-refractivity contribution >= 4 is 79.4 Å². The molecule has 0 atom stereocenters. The van der Waals surface area contributed by atoms with Crippen LogP contribution in [-0.4, -0.2) is 48.3 Å². The Morgan fingerprint density at radius 3 is 2.63 bits per heavy atom. The molecule has 2 aromatic carbocycles. The smallest absolute Gasteiger partial charge is 0.235 e. The minimum Gasteiger partial charge on any atom is -0.325 e. The Kier molecular flexibility index (Phi) is 7.21. The van der Waals surface area contributed by atoms with Gasteiger partial charge in [0.25, 0.3) is 0 Å². The summed E-state index contributed by atoms with van der Waals surface area (Å²) >= 11 is 4.39. The summed E-state index contributed by atoms with van der Waals surface area (Å²) in [5.74, 6) is 1.07. The molecule has 0 saturated heterocycles. The Bertz CT molecular complexity index is 1490. The predicted molar refractivity (Wildman–Crippen MR) is 142 cm³/mol. The first kappa shape index (κ1) is 23.3. The molecule has 0 radical (unpaired) electrons. The number of amides is 2. The van der Waals surface area contributed by atoms with Crippen molar-refractivity contribution in [2.75, 3.05) is 22.1 Å². The molecule has 35 heavy (non-hydrogen) atoms. The highest BCUT2D eigenvalue weighted by atomic mass is 32.2. The topological polar surface area (TPSA) is 115 Å². The number of anilines is 2. The second kappa shape index (κ2) is 10.8. The normalized spacial score (nSPS) is 11.1. The third-order valence-corrected chi connectivity index (χ3v) is 7.84. The lowest BCUT2D eigenvalue weighted by Crippen LogP contribution is -2.18. The number of hydrogen-bond donors (Lipinski definition) is 2. The van der Waals surface area contributed by atoms with Gasteiger partial charge in [-0.15, -0.1) is 28.2 Å². The number of benzene rings is 2. The van der Waals surface area contributed by atoms with Gasteiger partial charge in [-0.25, -0.2) is 14.6 Å². The van der Waals surface area contributed by atoms with Gasteiger partial charge in [0.05, 0.1) is 33.1 Å². The van der Waals surface area contributed by atoms with E-state index in [0.717, 1.165) is 25.6 Å². The van der Waals surface area contributed by atoms with Crippen LogP contribution < -0.4 is 10.6 Å². The predicted octanol–water partition coefficient (Wildman–Crippen LogP) is 4.50. The minimum atomic E-state index is -0.198. The van der Waals surface area contributed by atoms with Crippen LogP contribution in [0.3, 0.4) is 0 Å². The molecular weight excluding hydrogens is 503 g/mol. The summed E-state index contributed by atoms with van der Waals surface area (Å²) in [6.07, 6.45) is 1.61. The molecule has 9 nitrogen and oxygen atoms in total. The lowest BCUT2D eigenvalue weighted by atomic mass is 10.3. The van der Waals surface area contributed by atoms with Crippen LogP contribution in [0.2, 0.25) is 0 Å². The van der Waals surface area contributed by atoms with Crippen LogP contribution in [0.4, 0.5) is 11.5 Å². The molecular formula is C23H19N7O2S3. The van der Waals surface area contributed by atoms with Crippen molar-refractivity contribution in [3.63, 3.8) is 0 Å². The fraction of sp³-hybridized carbons (Fsp3) is 0.130. The van der Waals surface area contributed by atoms with E-state index >= 15 is 0 Å². The fourth-order valence-corrected chi connectivity index (χ4v) is 5.82. The molecule has 0 aliphatic carbocycles. The van der Waals surface area contributed by atoms with Crippen LogP contribution in [0.15, 0.2) is 71.2 Å². The summed E-state index contributed by atoms with van der Waals surface area (Å²) in [5.41, 5.74) is 3.42. The maximum absolute atomic E-state index is 12.3. The molecule has 0 aliphatic heterocycles. The first-order valence-electron chi connectivity index (χ1n) is 10.5. The highest BCUT2D eigenvalue weighted by Crippen LogP contribution is 2.32. The quantitative estimate of drug-likeness (QED) is 0.273. The molecule has 0 spiro atoms. The molecule has 5 rings (SSSR count). The number of carbonyl (C=O) groups excluding carboxylic acids is 2. The maximum atomic E-state index is 12.3. The molecule has 12 heteroatoms. The molecule has 3 aromatic heterocycles. The third kappa shape index (κ3) is 5.96. The van der Waals surface area contributed by atoms with Gasteiger partial charge in [0.15, 0.2) is 4.34 Å². The van der Waals surface area contributed by atoms with Crippen LogP contribution in [-0.2, 0) is 15.5 Å². The molecule has 2 N–H and O–H groups in total. The number of hydrogen-bond acceptors (Lipinski definition) is 9. The van der Waals surface area contributed by atoms with Gasteiger partial charge in [-0.3, -0.25) is 9.59 Å². The Labute approximate surface area is 212 Å². The van der Waals surface area contributed by atoms with Crippen molar-refractivity contribution < 1.29 is 9.59 Å². The van der Waals surface area contributed by atoms with Crippen LogP contribution in [0.25, 0.3) is 21.3 Å². The van der Waals surface area contributed by atoms with Crippen molar-refractivity contribution in [2.45, 2.75) is 10.2 Å². The Morgan fingerprint density at radius 2 is 1.77 bits per heavy atom. The van der Waals surface area contributed by atoms with E-state index in [1.54, 1.807) is 47.5 Å². The average molecular weight is 522 g/mol. The van der Waals surface area contributed by atoms with Crippen molar-refractivity contribution in [3.05, 3.63) is 66.9 Å². The molecule has 176 valence electrons. The zero-order valence-corrected chi connectivity index (χ0v) is 20.7. The zero-order valence-electron chi connectivity index (χ0n) is 18.2. The second-order valence-electron chi connectivity index (χ2n) is 7.32. The number of pyridine rings is 1. The van der Waals surface area contributed by atoms with E-state index in [9.17, 15) is 9.59 Å². The van der Waals surface area contributed by atoms with E-state index in [1.807, 2.05) is 47.1 Å². The Morgan fingerprint density at radius 1 is 0.943 bits per heavy atom. The Hall–Kier alpha value is -3.48. The third-order valence-electron chi connectivity index (χ3n) is 4.78. The number of para-hydroxylation sites is 1. The number of nitrogens with one attached hydrogen (secondary N) is 2. The van der Waals surface area contributed by atoms with Crippen LogP contribution in [0.1, 0.15) is 0 Å². The van der Waals surface area contributed by atoms with Gasteiger partial charge in [0, 0.05) is 11.9 Å². The molecule has 0 fully saturated rings. The van der Waals surface area contributed by atoms with Gasteiger partial charge in [-0.05, 0) is 42.5 Å². The minimum absolute atomic E-state index is 0.166. The van der Waals surface area contributed by atoms with E-state index in [0.29, 0.717) is 17.4 Å². The SMILES string of the molecule is O=C(CSCC(=O)Nc1ccccn1)Nc1ccc2nc(SCn3nnc4ccccc43)sc2c1. The van der Waals surface area contributed by atoms with Gasteiger partial charge < -0.3 is 10.6 Å². The lowest BCUT2D eigenvalue weighted by Gasteiger charge is -2.06. The molecule has 5 aromatic rings. The molecule has 0 saturated carbocycles. The molecule has 3 heterocycles. The molecule has 0 aliphatic rings. The monoisotopic (exact) mass is 521 g/mol. The maximum Gasteiger partial charge on any atom is 0.235 e. The van der Waals surface area contributed by atoms with Gasteiger partial charge in [0.1, 0.15) is 11.3 Å². The van der Waals surface area contributed by atoms with Gasteiger partial charge in [0.2, 0.25) is 11.8 Å². The average Bonchev–Trinajstić information content (AvgIpc) is 3.46. The summed E-state index contributed by atoms with van der Waals surface area (Å²) < 4.78 is 3.75. The second-order valence-corrected chi connectivity index (χ2v) is 10.5. The van der Waals surface area contributed by atoms with Crippen LogP contribution >= 0.6 is 34.9 Å². The number of thiazole rings is 1. The fourth-order valence-electron chi connectivity index (χ4n) is 3.22. The van der Waals surface area contributed by atoms with Crippen molar-refractivity contribution in [1.29, 1.82) is 0 Å². The highest BCUT2D eigenvalue weighted by Gasteiger charge is 2.11. The largest absolute Gasteiger partial charge is 0.325 e. The molecule has 2 amide bonds. The van der Waals surface area contributed by atoms with Crippen LogP contribution in [0, 0.1) is 0 Å². The number of nitrogens with zero attached hydrogens (tertiary/aromatic N) is 5. The van der Waals surface area contributed by atoms with Gasteiger partial charge >= 0.3 is 0 Å². The number of aromatic nitrogens is 5. The Balaban J connectivity index is 1.12. The van der Waals surface area contributed by atoms with E-state index in [2.05, 4.69) is 30.9 Å². The number of carbonyl (C=O) groups is 2. The standard InChI is InChI=1S/C23H19N7O2S3/c31-21(12-33-13-22(32)27-20-7-3-4-10-24-20)25-15-8-9-17-19(11-15)35-23(26-17)34-14-30-18-6-2-1-5-16(18)28-29-30/h1-11H,12-14H2,(H,25,31)(H,24,27,32). The lowest BCUT2D eigenvalue weighted by molar-refractivity contribution is -0.114. The van der Waals surface area contributed by atoms with E-state index in [1.165, 1.54) is 11.8 Å². The van der Waals surface area contributed by atoms with E-state index in [-0.39, 0.29) is 23.3 Å². The summed E-state index contributed by atoms with van der Waals surface area (Å²) in [7, 11) is 0. The first-order valence-corrected chi connectivity index (χ1v) is 13.5. The van der Waals surface area contributed by atoms with E-state index < -0.39 is 0 Å².